The first-order chi connectivity index (χ1) is 11.6. The summed E-state index contributed by atoms with van der Waals surface area (Å²) in [7, 11) is 0. The molecule has 1 fully saturated rings. The third kappa shape index (κ3) is 4.04. The van der Waals surface area contributed by atoms with E-state index in [1.165, 1.54) is 5.56 Å². The number of benzene rings is 1. The number of hydrogen-bond donors (Lipinski definition) is 1. The quantitative estimate of drug-likeness (QED) is 0.931. The molecule has 0 radical (unpaired) electrons. The van der Waals surface area contributed by atoms with Gasteiger partial charge in [-0.2, -0.15) is 0 Å². The van der Waals surface area contributed by atoms with Crippen LogP contribution in [0.3, 0.4) is 0 Å². The van der Waals surface area contributed by atoms with E-state index in [1.807, 2.05) is 59.4 Å². The van der Waals surface area contributed by atoms with E-state index in [0.717, 1.165) is 11.1 Å². The van der Waals surface area contributed by atoms with E-state index in [9.17, 15) is 9.59 Å². The summed E-state index contributed by atoms with van der Waals surface area (Å²) in [6, 6.07) is 9.98. The Balaban J connectivity index is 1.48. The van der Waals surface area contributed by atoms with Crippen LogP contribution in [0.15, 0.2) is 42.7 Å². The zero-order chi connectivity index (χ0) is 16.9. The largest absolute Gasteiger partial charge is 0.367 e. The molecule has 0 bridgehead atoms. The second-order valence-electron chi connectivity index (χ2n) is 6.32. The number of H-pyrrole nitrogens is 1. The zero-order valence-electron chi connectivity index (χ0n) is 14.0. The minimum atomic E-state index is 0.125. The molecule has 1 aromatic heterocycles. The molecule has 1 aliphatic heterocycles. The van der Waals surface area contributed by atoms with Crippen LogP contribution in [-0.4, -0.2) is 52.8 Å². The normalized spacial score (nSPS) is 14.7. The fourth-order valence-corrected chi connectivity index (χ4v) is 2.95. The van der Waals surface area contributed by atoms with E-state index in [4.69, 9.17) is 0 Å². The third-order valence-corrected chi connectivity index (χ3v) is 4.48. The molecule has 2 amide bonds. The van der Waals surface area contributed by atoms with Crippen LogP contribution >= 0.6 is 0 Å². The van der Waals surface area contributed by atoms with Crippen LogP contribution in [0.1, 0.15) is 16.7 Å². The van der Waals surface area contributed by atoms with Crippen molar-refractivity contribution in [1.29, 1.82) is 0 Å². The van der Waals surface area contributed by atoms with Gasteiger partial charge < -0.3 is 14.8 Å². The molecule has 3 rings (SSSR count). The van der Waals surface area contributed by atoms with Crippen molar-refractivity contribution in [2.24, 2.45) is 0 Å². The Kier molecular flexibility index (Phi) is 4.99. The standard InChI is InChI=1S/C19H23N3O2/c1-15-2-4-16(5-3-15)12-18(23)21-8-10-22(11-9-21)19(24)13-17-6-7-20-14-17/h2-7,14,20H,8-13H2,1H3. The fourth-order valence-electron chi connectivity index (χ4n) is 2.95. The number of amides is 2. The van der Waals surface area contributed by atoms with Gasteiger partial charge in [-0.05, 0) is 24.1 Å². The van der Waals surface area contributed by atoms with E-state index in [2.05, 4.69) is 4.98 Å². The second kappa shape index (κ2) is 7.34. The molecule has 1 aromatic carbocycles. The lowest BCUT2D eigenvalue weighted by atomic mass is 10.1. The van der Waals surface area contributed by atoms with Crippen molar-refractivity contribution in [2.75, 3.05) is 26.2 Å². The van der Waals surface area contributed by atoms with Gasteiger partial charge in [-0.3, -0.25) is 9.59 Å². The number of carbonyl (C=O) groups is 2. The summed E-state index contributed by atoms with van der Waals surface area (Å²) in [6.07, 6.45) is 4.52. The minimum Gasteiger partial charge on any atom is -0.367 e. The summed E-state index contributed by atoms with van der Waals surface area (Å²) in [5, 5.41) is 0. The maximum absolute atomic E-state index is 12.4. The number of piperazine rings is 1. The summed E-state index contributed by atoms with van der Waals surface area (Å²) in [5.74, 6) is 0.261. The smallest absolute Gasteiger partial charge is 0.227 e. The summed E-state index contributed by atoms with van der Waals surface area (Å²) in [6.45, 7) is 4.49. The van der Waals surface area contributed by atoms with Gasteiger partial charge in [0.15, 0.2) is 0 Å². The predicted molar refractivity (Wildman–Crippen MR) is 92.5 cm³/mol. The highest BCUT2D eigenvalue weighted by molar-refractivity contribution is 5.81. The van der Waals surface area contributed by atoms with Crippen molar-refractivity contribution in [3.63, 3.8) is 0 Å². The molecule has 1 N–H and O–H groups in total. The van der Waals surface area contributed by atoms with Gasteiger partial charge in [-0.1, -0.05) is 29.8 Å². The Morgan fingerprint density at radius 3 is 1.92 bits per heavy atom. The zero-order valence-corrected chi connectivity index (χ0v) is 14.0. The van der Waals surface area contributed by atoms with Gasteiger partial charge in [0.25, 0.3) is 0 Å². The number of carbonyl (C=O) groups excluding carboxylic acids is 2. The number of aromatic nitrogens is 1. The van der Waals surface area contributed by atoms with Crippen LogP contribution in [0.5, 0.6) is 0 Å². The number of nitrogens with zero attached hydrogens (tertiary/aromatic N) is 2. The Hall–Kier alpha value is -2.56. The van der Waals surface area contributed by atoms with E-state index in [-0.39, 0.29) is 11.8 Å². The predicted octanol–water partition coefficient (Wildman–Crippen LogP) is 1.78. The Morgan fingerprint density at radius 2 is 1.42 bits per heavy atom. The Morgan fingerprint density at radius 1 is 0.875 bits per heavy atom. The number of aryl methyl sites for hydroxylation is 1. The van der Waals surface area contributed by atoms with Crippen LogP contribution in [-0.2, 0) is 22.4 Å². The van der Waals surface area contributed by atoms with Gasteiger partial charge in [0, 0.05) is 38.6 Å². The lowest BCUT2D eigenvalue weighted by Crippen LogP contribution is -2.51. The fraction of sp³-hybridized carbons (Fsp3) is 0.368. The third-order valence-electron chi connectivity index (χ3n) is 4.48. The molecular weight excluding hydrogens is 302 g/mol. The number of aromatic amines is 1. The molecule has 2 aromatic rings. The maximum Gasteiger partial charge on any atom is 0.227 e. The second-order valence-corrected chi connectivity index (χ2v) is 6.32. The molecule has 0 unspecified atom stereocenters. The van der Waals surface area contributed by atoms with Crippen molar-refractivity contribution in [3.8, 4) is 0 Å². The van der Waals surface area contributed by atoms with Crippen molar-refractivity contribution in [3.05, 3.63) is 59.4 Å². The highest BCUT2D eigenvalue weighted by Gasteiger charge is 2.24. The van der Waals surface area contributed by atoms with E-state index in [0.29, 0.717) is 39.0 Å². The van der Waals surface area contributed by atoms with Crippen LogP contribution in [0.25, 0.3) is 0 Å². The van der Waals surface area contributed by atoms with Gasteiger partial charge >= 0.3 is 0 Å². The van der Waals surface area contributed by atoms with Gasteiger partial charge in [-0.25, -0.2) is 0 Å². The first kappa shape index (κ1) is 16.3. The maximum atomic E-state index is 12.4. The molecule has 24 heavy (non-hydrogen) atoms. The van der Waals surface area contributed by atoms with Gasteiger partial charge in [0.05, 0.1) is 12.8 Å². The van der Waals surface area contributed by atoms with Crippen LogP contribution in [0.4, 0.5) is 0 Å². The Labute approximate surface area is 142 Å². The SMILES string of the molecule is Cc1ccc(CC(=O)N2CCN(C(=O)Cc3cc[nH]c3)CC2)cc1. The average Bonchev–Trinajstić information content (AvgIpc) is 3.10. The molecule has 0 atom stereocenters. The van der Waals surface area contributed by atoms with Crippen molar-refractivity contribution in [2.45, 2.75) is 19.8 Å². The molecule has 0 spiro atoms. The monoisotopic (exact) mass is 325 g/mol. The molecule has 1 saturated heterocycles. The molecule has 126 valence electrons. The van der Waals surface area contributed by atoms with Gasteiger partial charge in [0.1, 0.15) is 0 Å². The first-order valence-electron chi connectivity index (χ1n) is 8.34. The Bertz CT molecular complexity index is 684. The summed E-state index contributed by atoms with van der Waals surface area (Å²) < 4.78 is 0. The van der Waals surface area contributed by atoms with Crippen LogP contribution in [0, 0.1) is 6.92 Å². The lowest BCUT2D eigenvalue weighted by Gasteiger charge is -2.35. The van der Waals surface area contributed by atoms with Gasteiger partial charge in [0.2, 0.25) is 11.8 Å². The highest BCUT2D eigenvalue weighted by Crippen LogP contribution is 2.10. The van der Waals surface area contributed by atoms with Crippen molar-refractivity contribution >= 4 is 11.8 Å². The van der Waals surface area contributed by atoms with Crippen molar-refractivity contribution in [1.82, 2.24) is 14.8 Å². The van der Waals surface area contributed by atoms with E-state index >= 15 is 0 Å². The topological polar surface area (TPSA) is 56.4 Å². The number of nitrogens with one attached hydrogen (secondary N) is 1. The van der Waals surface area contributed by atoms with E-state index < -0.39 is 0 Å². The van der Waals surface area contributed by atoms with Crippen LogP contribution < -0.4 is 0 Å². The van der Waals surface area contributed by atoms with Gasteiger partial charge in [-0.15, -0.1) is 0 Å². The first-order valence-corrected chi connectivity index (χ1v) is 8.34. The molecule has 5 heteroatoms. The number of rotatable bonds is 4. The van der Waals surface area contributed by atoms with Crippen LogP contribution in [0.2, 0.25) is 0 Å². The highest BCUT2D eigenvalue weighted by atomic mass is 16.2. The minimum absolute atomic E-state index is 0.125. The molecule has 1 aliphatic rings. The summed E-state index contributed by atoms with van der Waals surface area (Å²) in [4.78, 5) is 31.4. The molecular formula is C19H23N3O2. The average molecular weight is 325 g/mol. The summed E-state index contributed by atoms with van der Waals surface area (Å²) in [5.41, 5.74) is 3.23. The summed E-state index contributed by atoms with van der Waals surface area (Å²) >= 11 is 0. The molecule has 5 nitrogen and oxygen atoms in total. The molecule has 0 aliphatic carbocycles. The van der Waals surface area contributed by atoms with E-state index in [1.54, 1.807) is 0 Å². The lowest BCUT2D eigenvalue weighted by molar-refractivity contribution is -0.138. The van der Waals surface area contributed by atoms with Crippen molar-refractivity contribution < 1.29 is 9.59 Å². The number of hydrogen-bond acceptors (Lipinski definition) is 2. The molecule has 0 saturated carbocycles. The molecule has 2 heterocycles.